The number of furan rings is 1. The molecule has 0 aliphatic carbocycles. The van der Waals surface area contributed by atoms with E-state index in [9.17, 15) is 0 Å². The third kappa shape index (κ3) is 4.63. The van der Waals surface area contributed by atoms with Crippen LogP contribution >= 0.6 is 0 Å². The molecular formula is C47H30N2O. The van der Waals surface area contributed by atoms with Crippen LogP contribution < -0.4 is 4.90 Å². The van der Waals surface area contributed by atoms with Crippen LogP contribution in [0.25, 0.3) is 76.6 Å². The summed E-state index contributed by atoms with van der Waals surface area (Å²) in [6, 6.07) is 63.1. The average Bonchev–Trinajstić information content (AvgIpc) is 3.56. The van der Waals surface area contributed by atoms with E-state index in [1.807, 2.05) is 6.07 Å². The van der Waals surface area contributed by atoms with E-state index < -0.39 is 0 Å². The van der Waals surface area contributed by atoms with E-state index in [0.29, 0.717) is 5.71 Å². The Labute approximate surface area is 289 Å². The van der Waals surface area contributed by atoms with Crippen molar-refractivity contribution in [1.82, 2.24) is 4.98 Å². The molecule has 0 saturated carbocycles. The van der Waals surface area contributed by atoms with Crippen molar-refractivity contribution >= 4 is 71.4 Å². The van der Waals surface area contributed by atoms with E-state index in [0.717, 1.165) is 33.4 Å². The molecular weight excluding hydrogens is 609 g/mol. The topological polar surface area (TPSA) is 29.3 Å². The summed E-state index contributed by atoms with van der Waals surface area (Å²) in [5.41, 5.74) is 9.47. The molecule has 0 atom stereocenters. The summed E-state index contributed by atoms with van der Waals surface area (Å²) in [5.74, 6) is 0. The minimum absolute atomic E-state index is 0.651. The molecule has 0 unspecified atom stereocenters. The lowest BCUT2D eigenvalue weighted by molar-refractivity contribution is 0.654. The summed E-state index contributed by atoms with van der Waals surface area (Å²) in [6.45, 7) is 0. The van der Waals surface area contributed by atoms with Crippen LogP contribution in [0.2, 0.25) is 0 Å². The third-order valence-electron chi connectivity index (χ3n) is 9.91. The molecule has 50 heavy (non-hydrogen) atoms. The van der Waals surface area contributed by atoms with E-state index in [-0.39, 0.29) is 0 Å². The molecule has 2 aromatic heterocycles. The van der Waals surface area contributed by atoms with E-state index >= 15 is 0 Å². The quantitative estimate of drug-likeness (QED) is 0.176. The molecule has 2 heterocycles. The van der Waals surface area contributed by atoms with Crippen LogP contribution in [0, 0.1) is 0 Å². The third-order valence-corrected chi connectivity index (χ3v) is 9.91. The molecule has 0 saturated heterocycles. The van der Waals surface area contributed by atoms with E-state index in [4.69, 9.17) is 4.42 Å². The number of hydrogen-bond donors (Lipinski definition) is 0. The van der Waals surface area contributed by atoms with Crippen molar-refractivity contribution < 1.29 is 4.42 Å². The van der Waals surface area contributed by atoms with Crippen LogP contribution in [0.15, 0.2) is 187 Å². The molecule has 0 fully saturated rings. The first-order chi connectivity index (χ1) is 24.8. The first-order valence-electron chi connectivity index (χ1n) is 17.0. The van der Waals surface area contributed by atoms with Gasteiger partial charge in [-0.2, -0.15) is 0 Å². The largest absolute Gasteiger partial charge is 0.438 e. The van der Waals surface area contributed by atoms with Crippen molar-refractivity contribution in [1.29, 1.82) is 0 Å². The molecule has 8 aromatic carbocycles. The van der Waals surface area contributed by atoms with Gasteiger partial charge < -0.3 is 9.32 Å². The van der Waals surface area contributed by atoms with Gasteiger partial charge in [0.2, 0.25) is 5.71 Å². The predicted molar refractivity (Wildman–Crippen MR) is 210 cm³/mol. The monoisotopic (exact) mass is 638 g/mol. The highest BCUT2D eigenvalue weighted by atomic mass is 16.3. The Hall–Kier alpha value is -6.71. The van der Waals surface area contributed by atoms with Crippen molar-refractivity contribution in [3.63, 3.8) is 0 Å². The maximum atomic E-state index is 6.09. The van der Waals surface area contributed by atoms with E-state index in [1.54, 1.807) is 6.20 Å². The molecule has 234 valence electrons. The van der Waals surface area contributed by atoms with Gasteiger partial charge in [-0.25, -0.2) is 4.98 Å². The molecule has 0 N–H and O–H groups in total. The Balaban J connectivity index is 1.14. The molecule has 10 rings (SSSR count). The molecule has 0 amide bonds. The van der Waals surface area contributed by atoms with E-state index in [2.05, 4.69) is 180 Å². The summed E-state index contributed by atoms with van der Waals surface area (Å²) in [6.07, 6.45) is 1.77. The van der Waals surface area contributed by atoms with Gasteiger partial charge in [0.05, 0.1) is 0 Å². The summed E-state index contributed by atoms with van der Waals surface area (Å²) < 4.78 is 6.09. The zero-order valence-electron chi connectivity index (χ0n) is 27.1. The standard InChI is InChI=1S/C47H30N2O/c1-2-9-31(10-3-1)32-16-21-36(22-17-32)49(38-25-27-45-44(30-38)42-15-8-28-48-47(42)50-45)37-23-18-34(19-24-37)43-29-35-12-5-6-13-39(35)41-26-20-33-11-4-7-14-40(33)46(41)43/h1-30H. The molecule has 0 aliphatic heterocycles. The first kappa shape index (κ1) is 28.3. The highest BCUT2D eigenvalue weighted by Crippen LogP contribution is 2.42. The van der Waals surface area contributed by atoms with Gasteiger partial charge in [-0.1, -0.05) is 115 Å². The van der Waals surface area contributed by atoms with Crippen LogP contribution in [0.4, 0.5) is 17.1 Å². The number of fused-ring (bicyclic) bond motifs is 8. The zero-order valence-corrected chi connectivity index (χ0v) is 27.1. The lowest BCUT2D eigenvalue weighted by Gasteiger charge is -2.26. The van der Waals surface area contributed by atoms with Crippen molar-refractivity contribution in [2.45, 2.75) is 0 Å². The molecule has 0 aliphatic rings. The predicted octanol–water partition coefficient (Wildman–Crippen LogP) is 13.2. The van der Waals surface area contributed by atoms with Gasteiger partial charge >= 0.3 is 0 Å². The number of hydrogen-bond acceptors (Lipinski definition) is 3. The number of aromatic nitrogens is 1. The second-order valence-corrected chi connectivity index (χ2v) is 12.8. The highest BCUT2D eigenvalue weighted by molar-refractivity contribution is 6.23. The van der Waals surface area contributed by atoms with Gasteiger partial charge in [0, 0.05) is 34.0 Å². The minimum atomic E-state index is 0.651. The summed E-state index contributed by atoms with van der Waals surface area (Å²) >= 11 is 0. The Morgan fingerprint density at radius 1 is 0.400 bits per heavy atom. The Morgan fingerprint density at radius 3 is 1.84 bits per heavy atom. The van der Waals surface area contributed by atoms with Gasteiger partial charge in [0.15, 0.2) is 0 Å². The molecule has 0 bridgehead atoms. The van der Waals surface area contributed by atoms with Gasteiger partial charge in [-0.05, 0) is 115 Å². The fourth-order valence-corrected chi connectivity index (χ4v) is 7.52. The van der Waals surface area contributed by atoms with Crippen LogP contribution in [0.1, 0.15) is 0 Å². The van der Waals surface area contributed by atoms with Gasteiger partial charge in [0.25, 0.3) is 0 Å². The van der Waals surface area contributed by atoms with Gasteiger partial charge in [-0.15, -0.1) is 0 Å². The summed E-state index contributed by atoms with van der Waals surface area (Å²) in [7, 11) is 0. The second-order valence-electron chi connectivity index (χ2n) is 12.8. The maximum absolute atomic E-state index is 6.09. The molecule has 3 nitrogen and oxygen atoms in total. The second kappa shape index (κ2) is 11.5. The summed E-state index contributed by atoms with van der Waals surface area (Å²) in [4.78, 5) is 6.79. The van der Waals surface area contributed by atoms with Crippen molar-refractivity contribution in [2.75, 3.05) is 4.90 Å². The number of benzene rings is 8. The maximum Gasteiger partial charge on any atom is 0.227 e. The average molecular weight is 639 g/mol. The molecule has 0 radical (unpaired) electrons. The van der Waals surface area contributed by atoms with Crippen molar-refractivity contribution in [3.05, 3.63) is 182 Å². The Bertz CT molecular complexity index is 2850. The van der Waals surface area contributed by atoms with Crippen molar-refractivity contribution in [3.8, 4) is 22.3 Å². The lowest BCUT2D eigenvalue weighted by atomic mass is 9.90. The lowest BCUT2D eigenvalue weighted by Crippen LogP contribution is -2.09. The number of pyridine rings is 1. The molecule has 0 spiro atoms. The number of anilines is 3. The van der Waals surface area contributed by atoms with Crippen LogP contribution in [0.3, 0.4) is 0 Å². The SMILES string of the molecule is c1ccc(-c2ccc(N(c3ccc(-c4cc5ccccc5c5ccc6ccccc6c45)cc3)c3ccc4oc5ncccc5c4c3)cc2)cc1. The van der Waals surface area contributed by atoms with Crippen LogP contribution in [-0.2, 0) is 0 Å². The number of rotatable bonds is 5. The van der Waals surface area contributed by atoms with Gasteiger partial charge in [0.1, 0.15) is 5.58 Å². The Morgan fingerprint density at radius 2 is 1.04 bits per heavy atom. The van der Waals surface area contributed by atoms with Crippen LogP contribution in [0.5, 0.6) is 0 Å². The van der Waals surface area contributed by atoms with Crippen molar-refractivity contribution in [2.24, 2.45) is 0 Å². The smallest absolute Gasteiger partial charge is 0.227 e. The Kier molecular flexibility index (Phi) is 6.49. The first-order valence-corrected chi connectivity index (χ1v) is 17.0. The molecule has 10 aromatic rings. The van der Waals surface area contributed by atoms with Crippen LogP contribution in [-0.4, -0.2) is 4.98 Å². The highest BCUT2D eigenvalue weighted by Gasteiger charge is 2.17. The minimum Gasteiger partial charge on any atom is -0.438 e. The molecule has 3 heteroatoms. The fourth-order valence-electron chi connectivity index (χ4n) is 7.52. The normalized spacial score (nSPS) is 11.6. The summed E-state index contributed by atoms with van der Waals surface area (Å²) in [5, 5.41) is 9.64. The number of nitrogens with zero attached hydrogens (tertiary/aromatic N) is 2. The van der Waals surface area contributed by atoms with E-state index in [1.165, 1.54) is 54.6 Å². The van der Waals surface area contributed by atoms with Gasteiger partial charge in [-0.3, -0.25) is 0 Å². The zero-order chi connectivity index (χ0) is 33.0. The fraction of sp³-hybridized carbons (Fsp3) is 0.